The Hall–Kier alpha value is -2.13. The van der Waals surface area contributed by atoms with Crippen molar-refractivity contribution in [2.24, 2.45) is 0 Å². The molecule has 3 rings (SSSR count). The van der Waals surface area contributed by atoms with Gasteiger partial charge in [0.25, 0.3) is 5.91 Å². The van der Waals surface area contributed by atoms with E-state index in [1.54, 1.807) is 0 Å². The van der Waals surface area contributed by atoms with E-state index >= 15 is 0 Å². The first kappa shape index (κ1) is 15.8. The second-order valence-electron chi connectivity index (χ2n) is 5.99. The van der Waals surface area contributed by atoms with E-state index < -0.39 is 0 Å². The van der Waals surface area contributed by atoms with Gasteiger partial charge < -0.3 is 10.1 Å². The Kier molecular flexibility index (Phi) is 5.43. The zero-order chi connectivity index (χ0) is 15.9. The smallest absolute Gasteiger partial charge is 0.251 e. The van der Waals surface area contributed by atoms with Gasteiger partial charge in [0.05, 0.1) is 6.10 Å². The number of nitrogens with one attached hydrogen (secondary N) is 1. The first-order valence-electron chi connectivity index (χ1n) is 8.34. The highest BCUT2D eigenvalue weighted by Crippen LogP contribution is 2.14. The van der Waals surface area contributed by atoms with Crippen LogP contribution >= 0.6 is 0 Å². The Bertz CT molecular complexity index is 633. The van der Waals surface area contributed by atoms with Crippen LogP contribution in [0.4, 0.5) is 0 Å². The van der Waals surface area contributed by atoms with Gasteiger partial charge in [-0.25, -0.2) is 0 Å². The third kappa shape index (κ3) is 4.42. The quantitative estimate of drug-likeness (QED) is 0.888. The zero-order valence-corrected chi connectivity index (χ0v) is 13.3. The number of benzene rings is 2. The summed E-state index contributed by atoms with van der Waals surface area (Å²) in [4.78, 5) is 12.5. The average Bonchev–Trinajstić information content (AvgIpc) is 3.12. The van der Waals surface area contributed by atoms with Gasteiger partial charge >= 0.3 is 0 Å². The van der Waals surface area contributed by atoms with Crippen molar-refractivity contribution in [1.29, 1.82) is 0 Å². The fourth-order valence-corrected chi connectivity index (χ4v) is 2.99. The maximum absolute atomic E-state index is 12.5. The van der Waals surface area contributed by atoms with Gasteiger partial charge in [0, 0.05) is 18.7 Å². The number of carbonyl (C=O) groups is 1. The van der Waals surface area contributed by atoms with Crippen molar-refractivity contribution in [3.8, 4) is 0 Å². The van der Waals surface area contributed by atoms with Crippen LogP contribution in [0.1, 0.15) is 34.3 Å². The lowest BCUT2D eigenvalue weighted by molar-refractivity contribution is 0.0857. The SMILES string of the molecule is O=C(NCC1CCCO1)c1ccccc1CCc1ccccc1. The van der Waals surface area contributed by atoms with Crippen LogP contribution in [0.15, 0.2) is 54.6 Å². The molecule has 1 unspecified atom stereocenters. The molecule has 1 heterocycles. The molecule has 1 N–H and O–H groups in total. The number of hydrogen-bond acceptors (Lipinski definition) is 2. The van der Waals surface area contributed by atoms with E-state index in [9.17, 15) is 4.79 Å². The highest BCUT2D eigenvalue weighted by molar-refractivity contribution is 5.95. The van der Waals surface area contributed by atoms with Crippen LogP contribution in [0.2, 0.25) is 0 Å². The Balaban J connectivity index is 1.61. The molecule has 2 aromatic rings. The summed E-state index contributed by atoms with van der Waals surface area (Å²) in [7, 11) is 0. The maximum atomic E-state index is 12.5. The lowest BCUT2D eigenvalue weighted by Gasteiger charge is -2.13. The molecule has 120 valence electrons. The van der Waals surface area contributed by atoms with Gasteiger partial charge in [-0.05, 0) is 42.9 Å². The Morgan fingerprint density at radius 1 is 1.04 bits per heavy atom. The van der Waals surface area contributed by atoms with E-state index in [0.717, 1.165) is 43.4 Å². The summed E-state index contributed by atoms with van der Waals surface area (Å²) in [5.74, 6) is 0.00385. The van der Waals surface area contributed by atoms with Gasteiger partial charge in [-0.1, -0.05) is 48.5 Å². The van der Waals surface area contributed by atoms with Gasteiger partial charge in [0.1, 0.15) is 0 Å². The van der Waals surface area contributed by atoms with Crippen molar-refractivity contribution in [1.82, 2.24) is 5.32 Å². The molecule has 0 aliphatic carbocycles. The molecular weight excluding hydrogens is 286 g/mol. The van der Waals surface area contributed by atoms with E-state index in [2.05, 4.69) is 29.6 Å². The highest BCUT2D eigenvalue weighted by Gasteiger charge is 2.17. The molecule has 1 atom stereocenters. The molecule has 0 spiro atoms. The molecule has 23 heavy (non-hydrogen) atoms. The van der Waals surface area contributed by atoms with Crippen molar-refractivity contribution >= 4 is 5.91 Å². The molecule has 1 saturated heterocycles. The fourth-order valence-electron chi connectivity index (χ4n) is 2.99. The lowest BCUT2D eigenvalue weighted by atomic mass is 9.99. The molecule has 3 heteroatoms. The Labute approximate surface area is 137 Å². The molecule has 1 aliphatic heterocycles. The summed E-state index contributed by atoms with van der Waals surface area (Å²) in [5, 5.41) is 3.02. The molecule has 0 aromatic heterocycles. The van der Waals surface area contributed by atoms with Crippen LogP contribution in [0.3, 0.4) is 0 Å². The largest absolute Gasteiger partial charge is 0.376 e. The van der Waals surface area contributed by atoms with Crippen LogP contribution in [0, 0.1) is 0 Å². The summed E-state index contributed by atoms with van der Waals surface area (Å²) in [5.41, 5.74) is 3.17. The first-order valence-corrected chi connectivity index (χ1v) is 8.34. The minimum Gasteiger partial charge on any atom is -0.376 e. The van der Waals surface area contributed by atoms with Gasteiger partial charge in [-0.2, -0.15) is 0 Å². The summed E-state index contributed by atoms with van der Waals surface area (Å²) in [6.45, 7) is 1.42. The lowest BCUT2D eigenvalue weighted by Crippen LogP contribution is -2.32. The molecule has 0 radical (unpaired) electrons. The predicted molar refractivity (Wildman–Crippen MR) is 91.6 cm³/mol. The van der Waals surface area contributed by atoms with Crippen LogP contribution < -0.4 is 5.32 Å². The second-order valence-corrected chi connectivity index (χ2v) is 5.99. The highest BCUT2D eigenvalue weighted by atomic mass is 16.5. The van der Waals surface area contributed by atoms with E-state index in [1.165, 1.54) is 5.56 Å². The molecule has 1 amide bonds. The normalized spacial score (nSPS) is 17.1. The van der Waals surface area contributed by atoms with Crippen molar-refractivity contribution in [2.75, 3.05) is 13.2 Å². The number of carbonyl (C=O) groups excluding carboxylic acids is 1. The van der Waals surface area contributed by atoms with E-state index in [4.69, 9.17) is 4.74 Å². The van der Waals surface area contributed by atoms with E-state index in [1.807, 2.05) is 30.3 Å². The van der Waals surface area contributed by atoms with Crippen molar-refractivity contribution < 1.29 is 9.53 Å². The molecule has 0 bridgehead atoms. The van der Waals surface area contributed by atoms with Crippen LogP contribution in [-0.2, 0) is 17.6 Å². The molecule has 2 aromatic carbocycles. The molecule has 1 fully saturated rings. The zero-order valence-electron chi connectivity index (χ0n) is 13.3. The number of amides is 1. The summed E-state index contributed by atoms with van der Waals surface area (Å²) < 4.78 is 5.56. The minimum absolute atomic E-state index is 0.00385. The van der Waals surface area contributed by atoms with E-state index in [0.29, 0.717) is 6.54 Å². The van der Waals surface area contributed by atoms with Crippen LogP contribution in [-0.4, -0.2) is 25.2 Å². The second kappa shape index (κ2) is 7.93. The number of hydrogen-bond donors (Lipinski definition) is 1. The third-order valence-corrected chi connectivity index (χ3v) is 4.30. The van der Waals surface area contributed by atoms with Crippen LogP contribution in [0.5, 0.6) is 0 Å². The van der Waals surface area contributed by atoms with Crippen molar-refractivity contribution in [2.45, 2.75) is 31.8 Å². The summed E-state index contributed by atoms with van der Waals surface area (Å²) in [6, 6.07) is 18.3. The predicted octanol–water partition coefficient (Wildman–Crippen LogP) is 3.38. The molecule has 0 saturated carbocycles. The molecule has 3 nitrogen and oxygen atoms in total. The Morgan fingerprint density at radius 2 is 1.83 bits per heavy atom. The van der Waals surface area contributed by atoms with Crippen molar-refractivity contribution in [3.63, 3.8) is 0 Å². The minimum atomic E-state index is 0.00385. The summed E-state index contributed by atoms with van der Waals surface area (Å²) in [6.07, 6.45) is 4.12. The van der Waals surface area contributed by atoms with Crippen molar-refractivity contribution in [3.05, 3.63) is 71.3 Å². The van der Waals surface area contributed by atoms with Crippen LogP contribution in [0.25, 0.3) is 0 Å². The maximum Gasteiger partial charge on any atom is 0.251 e. The van der Waals surface area contributed by atoms with E-state index in [-0.39, 0.29) is 12.0 Å². The first-order chi connectivity index (χ1) is 11.3. The average molecular weight is 309 g/mol. The molecule has 1 aliphatic rings. The number of rotatable bonds is 6. The number of aryl methyl sites for hydroxylation is 2. The summed E-state index contributed by atoms with van der Waals surface area (Å²) >= 11 is 0. The van der Waals surface area contributed by atoms with Gasteiger partial charge in [0.15, 0.2) is 0 Å². The van der Waals surface area contributed by atoms with Gasteiger partial charge in [0.2, 0.25) is 0 Å². The third-order valence-electron chi connectivity index (χ3n) is 4.30. The fraction of sp³-hybridized carbons (Fsp3) is 0.350. The standard InChI is InChI=1S/C20H23NO2/c22-20(21-15-18-10-6-14-23-18)19-11-5-4-9-17(19)13-12-16-7-2-1-3-8-16/h1-5,7-9,11,18H,6,10,12-15H2,(H,21,22). The topological polar surface area (TPSA) is 38.3 Å². The van der Waals surface area contributed by atoms with Gasteiger partial charge in [-0.15, -0.1) is 0 Å². The Morgan fingerprint density at radius 3 is 2.61 bits per heavy atom. The number of ether oxygens (including phenoxy) is 1. The molecular formula is C20H23NO2. The monoisotopic (exact) mass is 309 g/mol. The van der Waals surface area contributed by atoms with Gasteiger partial charge in [-0.3, -0.25) is 4.79 Å².